The number of benzene rings is 1. The number of thiol groups is 1. The van der Waals surface area contributed by atoms with E-state index >= 15 is 0 Å². The molecular weight excluding hydrogens is 164 g/mol. The summed E-state index contributed by atoms with van der Waals surface area (Å²) in [5, 5.41) is 1.01. The maximum Gasteiger partial charge on any atom is 0.0449 e. The van der Waals surface area contributed by atoms with Gasteiger partial charge in [-0.05, 0) is 18.6 Å². The Morgan fingerprint density at radius 2 is 2.00 bits per heavy atom. The van der Waals surface area contributed by atoms with E-state index < -0.39 is 0 Å². The SMILES string of the molecule is C[C@@H](S)c1ccccc1Cl. The van der Waals surface area contributed by atoms with Crippen molar-refractivity contribution in [3.63, 3.8) is 0 Å². The fourth-order valence-corrected chi connectivity index (χ4v) is 1.41. The van der Waals surface area contributed by atoms with Gasteiger partial charge in [0.05, 0.1) is 0 Å². The lowest BCUT2D eigenvalue weighted by Crippen LogP contribution is -1.83. The molecule has 1 aromatic carbocycles. The largest absolute Gasteiger partial charge is 0.171 e. The van der Waals surface area contributed by atoms with Crippen molar-refractivity contribution in [2.45, 2.75) is 12.2 Å². The van der Waals surface area contributed by atoms with Crippen LogP contribution in [-0.2, 0) is 0 Å². The first-order chi connectivity index (χ1) is 4.72. The normalized spacial score (nSPS) is 13.1. The van der Waals surface area contributed by atoms with E-state index in [1.54, 1.807) is 0 Å². The van der Waals surface area contributed by atoms with Crippen LogP contribution < -0.4 is 0 Å². The molecule has 54 valence electrons. The molecule has 10 heavy (non-hydrogen) atoms. The molecule has 0 aromatic heterocycles. The third-order valence-electron chi connectivity index (χ3n) is 1.36. The highest BCUT2D eigenvalue weighted by Crippen LogP contribution is 2.25. The molecule has 1 atom stereocenters. The van der Waals surface area contributed by atoms with Gasteiger partial charge in [0.1, 0.15) is 0 Å². The van der Waals surface area contributed by atoms with Gasteiger partial charge in [-0.1, -0.05) is 29.8 Å². The molecule has 0 fully saturated rings. The van der Waals surface area contributed by atoms with E-state index in [0.717, 1.165) is 10.6 Å². The van der Waals surface area contributed by atoms with Crippen molar-refractivity contribution in [2.24, 2.45) is 0 Å². The van der Waals surface area contributed by atoms with Gasteiger partial charge in [0, 0.05) is 10.3 Å². The summed E-state index contributed by atoms with van der Waals surface area (Å²) < 4.78 is 0. The maximum absolute atomic E-state index is 5.87. The molecule has 0 heterocycles. The molecule has 1 aromatic rings. The zero-order chi connectivity index (χ0) is 7.56. The lowest BCUT2D eigenvalue weighted by Gasteiger charge is -2.04. The van der Waals surface area contributed by atoms with Gasteiger partial charge in [0.15, 0.2) is 0 Å². The van der Waals surface area contributed by atoms with E-state index in [2.05, 4.69) is 12.6 Å². The van der Waals surface area contributed by atoms with Gasteiger partial charge >= 0.3 is 0 Å². The Morgan fingerprint density at radius 3 is 2.40 bits per heavy atom. The fraction of sp³-hybridized carbons (Fsp3) is 0.250. The smallest absolute Gasteiger partial charge is 0.0449 e. The van der Waals surface area contributed by atoms with Gasteiger partial charge in [-0.15, -0.1) is 0 Å². The standard InChI is InChI=1S/C8H9ClS/c1-6(10)7-4-2-3-5-8(7)9/h2-6,10H,1H3/t6-/m1/s1. The van der Waals surface area contributed by atoms with Crippen molar-refractivity contribution in [3.8, 4) is 0 Å². The molecule has 0 bridgehead atoms. The Labute approximate surface area is 71.6 Å². The molecule has 0 saturated carbocycles. The van der Waals surface area contributed by atoms with Crippen LogP contribution >= 0.6 is 24.2 Å². The summed E-state index contributed by atoms with van der Waals surface area (Å²) >= 11 is 10.1. The molecule has 2 heteroatoms. The average molecular weight is 173 g/mol. The molecule has 0 spiro atoms. The molecule has 0 N–H and O–H groups in total. The van der Waals surface area contributed by atoms with Gasteiger partial charge in [0.2, 0.25) is 0 Å². The van der Waals surface area contributed by atoms with Crippen LogP contribution in [0.3, 0.4) is 0 Å². The van der Waals surface area contributed by atoms with E-state index in [0.29, 0.717) is 0 Å². The Morgan fingerprint density at radius 1 is 1.40 bits per heavy atom. The second kappa shape index (κ2) is 3.31. The van der Waals surface area contributed by atoms with Crippen molar-refractivity contribution in [1.29, 1.82) is 0 Å². The van der Waals surface area contributed by atoms with Crippen LogP contribution in [0.25, 0.3) is 0 Å². The van der Waals surface area contributed by atoms with E-state index in [4.69, 9.17) is 11.6 Å². The number of rotatable bonds is 1. The quantitative estimate of drug-likeness (QED) is 0.618. The minimum Gasteiger partial charge on any atom is -0.171 e. The molecule has 0 radical (unpaired) electrons. The second-order valence-corrected chi connectivity index (χ2v) is 3.38. The van der Waals surface area contributed by atoms with Crippen LogP contribution in [0, 0.1) is 0 Å². The van der Waals surface area contributed by atoms with Crippen molar-refractivity contribution in [3.05, 3.63) is 34.9 Å². The molecule has 0 saturated heterocycles. The highest BCUT2D eigenvalue weighted by Gasteiger charge is 2.02. The summed E-state index contributed by atoms with van der Waals surface area (Å²) in [4.78, 5) is 0. The molecule has 0 aliphatic carbocycles. The fourth-order valence-electron chi connectivity index (χ4n) is 0.814. The van der Waals surface area contributed by atoms with Crippen LogP contribution in [0.2, 0.25) is 5.02 Å². The Hall–Kier alpha value is -0.140. The maximum atomic E-state index is 5.87. The molecular formula is C8H9ClS. The van der Waals surface area contributed by atoms with Gasteiger partial charge in [-0.25, -0.2) is 0 Å². The van der Waals surface area contributed by atoms with E-state index in [-0.39, 0.29) is 5.25 Å². The van der Waals surface area contributed by atoms with Crippen LogP contribution in [0.1, 0.15) is 17.7 Å². The first kappa shape index (κ1) is 7.96. The number of hydrogen-bond acceptors (Lipinski definition) is 1. The molecule has 0 unspecified atom stereocenters. The topological polar surface area (TPSA) is 0 Å². The number of hydrogen-bond donors (Lipinski definition) is 1. The first-order valence-electron chi connectivity index (χ1n) is 3.14. The van der Waals surface area contributed by atoms with Gasteiger partial charge < -0.3 is 0 Å². The van der Waals surface area contributed by atoms with Crippen LogP contribution in [0.4, 0.5) is 0 Å². The van der Waals surface area contributed by atoms with Gasteiger partial charge in [-0.2, -0.15) is 12.6 Å². The summed E-state index contributed by atoms with van der Waals surface area (Å²) in [6.07, 6.45) is 0. The predicted octanol–water partition coefficient (Wildman–Crippen LogP) is 3.33. The third kappa shape index (κ3) is 1.68. The summed E-state index contributed by atoms with van der Waals surface area (Å²) in [7, 11) is 0. The van der Waals surface area contributed by atoms with Gasteiger partial charge in [0.25, 0.3) is 0 Å². The minimum atomic E-state index is 0.216. The van der Waals surface area contributed by atoms with Crippen molar-refractivity contribution in [2.75, 3.05) is 0 Å². The first-order valence-corrected chi connectivity index (χ1v) is 4.03. The highest BCUT2D eigenvalue weighted by molar-refractivity contribution is 7.80. The Bertz CT molecular complexity index is 220. The Balaban J connectivity index is 3.03. The molecule has 0 nitrogen and oxygen atoms in total. The van der Waals surface area contributed by atoms with Crippen molar-refractivity contribution >= 4 is 24.2 Å². The monoisotopic (exact) mass is 172 g/mol. The summed E-state index contributed by atoms with van der Waals surface area (Å²) in [5.41, 5.74) is 1.09. The summed E-state index contributed by atoms with van der Waals surface area (Å²) in [6, 6.07) is 7.75. The highest BCUT2D eigenvalue weighted by atomic mass is 35.5. The second-order valence-electron chi connectivity index (χ2n) is 2.20. The van der Waals surface area contributed by atoms with Crippen molar-refractivity contribution in [1.82, 2.24) is 0 Å². The lowest BCUT2D eigenvalue weighted by atomic mass is 10.2. The van der Waals surface area contributed by atoms with Gasteiger partial charge in [-0.3, -0.25) is 0 Å². The lowest BCUT2D eigenvalue weighted by molar-refractivity contribution is 1.11. The zero-order valence-electron chi connectivity index (χ0n) is 5.71. The van der Waals surface area contributed by atoms with Crippen LogP contribution in [-0.4, -0.2) is 0 Å². The molecule has 0 aliphatic heterocycles. The Kier molecular flexibility index (Phi) is 2.64. The third-order valence-corrected chi connectivity index (χ3v) is 1.98. The number of halogens is 1. The van der Waals surface area contributed by atoms with Crippen LogP contribution in [0.5, 0.6) is 0 Å². The molecule has 1 rings (SSSR count). The average Bonchev–Trinajstić information content (AvgIpc) is 1.88. The summed E-state index contributed by atoms with van der Waals surface area (Å²) in [5.74, 6) is 0. The molecule has 0 aliphatic rings. The zero-order valence-corrected chi connectivity index (χ0v) is 7.36. The van der Waals surface area contributed by atoms with E-state index in [1.165, 1.54) is 0 Å². The van der Waals surface area contributed by atoms with E-state index in [9.17, 15) is 0 Å². The molecule has 0 amide bonds. The van der Waals surface area contributed by atoms with Crippen LogP contribution in [0.15, 0.2) is 24.3 Å². The minimum absolute atomic E-state index is 0.216. The van der Waals surface area contributed by atoms with E-state index in [1.807, 2.05) is 31.2 Å². The van der Waals surface area contributed by atoms with Crippen molar-refractivity contribution < 1.29 is 0 Å². The summed E-state index contributed by atoms with van der Waals surface area (Å²) in [6.45, 7) is 2.00. The predicted molar refractivity (Wildman–Crippen MR) is 48.9 cm³/mol.